The number of benzene rings is 2. The minimum absolute atomic E-state index is 0.0458. The van der Waals surface area contributed by atoms with Gasteiger partial charge in [-0.2, -0.15) is 26.3 Å². The van der Waals surface area contributed by atoms with Crippen LogP contribution in [0, 0.1) is 0 Å². The molecule has 0 fully saturated rings. The molecule has 0 unspecified atom stereocenters. The summed E-state index contributed by atoms with van der Waals surface area (Å²) in [4.78, 5) is 13.7. The summed E-state index contributed by atoms with van der Waals surface area (Å²) in [6, 6.07) is 8.43. The Labute approximate surface area is 136 Å². The summed E-state index contributed by atoms with van der Waals surface area (Å²) in [6.45, 7) is 0. The van der Waals surface area contributed by atoms with Crippen LogP contribution in [0.4, 0.5) is 26.3 Å². The first-order valence-corrected chi connectivity index (χ1v) is 6.97. The summed E-state index contributed by atoms with van der Waals surface area (Å²) < 4.78 is 77.9. The van der Waals surface area contributed by atoms with Crippen LogP contribution in [0.1, 0.15) is 11.1 Å². The number of halogens is 6. The lowest BCUT2D eigenvalue weighted by atomic mass is 9.99. The van der Waals surface area contributed by atoms with Gasteiger partial charge in [0, 0.05) is 17.0 Å². The number of aromatic nitrogens is 1. The second-order valence-electron chi connectivity index (χ2n) is 5.38. The summed E-state index contributed by atoms with van der Waals surface area (Å²) in [5, 5.41) is -0.290. The number of pyridine rings is 1. The van der Waals surface area contributed by atoms with E-state index in [0.29, 0.717) is 6.07 Å². The van der Waals surface area contributed by atoms with E-state index in [1.54, 1.807) is 0 Å². The SMILES string of the molecule is O=c1cc(C(F)(F)F)c2cc(-c3cccc(C(F)(F)F)c3)ccc2[nH]1. The zero-order valence-corrected chi connectivity index (χ0v) is 12.3. The van der Waals surface area contributed by atoms with Gasteiger partial charge in [0.1, 0.15) is 0 Å². The molecule has 1 aromatic heterocycles. The highest BCUT2D eigenvalue weighted by molar-refractivity contribution is 5.87. The van der Waals surface area contributed by atoms with Crippen LogP contribution in [-0.4, -0.2) is 4.98 Å². The average Bonchev–Trinajstić information content (AvgIpc) is 2.52. The molecule has 1 N–H and O–H groups in total. The smallest absolute Gasteiger partial charge is 0.322 e. The first kappa shape index (κ1) is 17.1. The topological polar surface area (TPSA) is 32.9 Å². The molecular weight excluding hydrogens is 348 g/mol. The fraction of sp³-hybridized carbons (Fsp3) is 0.118. The van der Waals surface area contributed by atoms with Gasteiger partial charge in [-0.25, -0.2) is 0 Å². The van der Waals surface area contributed by atoms with Crippen LogP contribution < -0.4 is 5.56 Å². The highest BCUT2D eigenvalue weighted by atomic mass is 19.4. The number of hydrogen-bond acceptors (Lipinski definition) is 1. The lowest BCUT2D eigenvalue weighted by Crippen LogP contribution is -2.13. The normalized spacial score (nSPS) is 12.6. The van der Waals surface area contributed by atoms with Gasteiger partial charge in [0.05, 0.1) is 11.1 Å². The second kappa shape index (κ2) is 5.65. The van der Waals surface area contributed by atoms with Crippen molar-refractivity contribution in [3.63, 3.8) is 0 Å². The van der Waals surface area contributed by atoms with Crippen LogP contribution in [0.15, 0.2) is 53.3 Å². The molecule has 0 bridgehead atoms. The van der Waals surface area contributed by atoms with E-state index in [4.69, 9.17) is 0 Å². The van der Waals surface area contributed by atoms with Gasteiger partial charge >= 0.3 is 12.4 Å². The Bertz CT molecular complexity index is 1000. The summed E-state index contributed by atoms with van der Waals surface area (Å²) in [7, 11) is 0. The molecule has 25 heavy (non-hydrogen) atoms. The monoisotopic (exact) mass is 357 g/mol. The van der Waals surface area contributed by atoms with Gasteiger partial charge in [0.25, 0.3) is 0 Å². The van der Waals surface area contributed by atoms with E-state index in [2.05, 4.69) is 4.98 Å². The van der Waals surface area contributed by atoms with E-state index in [-0.39, 0.29) is 22.0 Å². The quantitative estimate of drug-likeness (QED) is 0.594. The lowest BCUT2D eigenvalue weighted by molar-refractivity contribution is -0.138. The average molecular weight is 357 g/mol. The van der Waals surface area contributed by atoms with Crippen LogP contribution in [0.5, 0.6) is 0 Å². The van der Waals surface area contributed by atoms with Crippen molar-refractivity contribution < 1.29 is 26.3 Å². The van der Waals surface area contributed by atoms with Crippen molar-refractivity contribution in [2.24, 2.45) is 0 Å². The largest absolute Gasteiger partial charge is 0.417 e. The first-order valence-electron chi connectivity index (χ1n) is 6.97. The van der Waals surface area contributed by atoms with E-state index in [1.807, 2.05) is 0 Å². The Balaban J connectivity index is 2.23. The summed E-state index contributed by atoms with van der Waals surface area (Å²) >= 11 is 0. The highest BCUT2D eigenvalue weighted by Crippen LogP contribution is 2.36. The van der Waals surface area contributed by atoms with Crippen molar-refractivity contribution in [1.29, 1.82) is 0 Å². The third-order valence-electron chi connectivity index (χ3n) is 3.67. The molecule has 1 heterocycles. The zero-order chi connectivity index (χ0) is 18.4. The Hall–Kier alpha value is -2.77. The Morgan fingerprint density at radius 2 is 1.44 bits per heavy atom. The predicted molar refractivity (Wildman–Crippen MR) is 80.0 cm³/mol. The van der Waals surface area contributed by atoms with Crippen molar-refractivity contribution >= 4 is 10.9 Å². The number of alkyl halides is 6. The predicted octanol–water partition coefficient (Wildman–Crippen LogP) is 5.23. The van der Waals surface area contributed by atoms with Gasteiger partial charge in [-0.05, 0) is 35.4 Å². The number of aromatic amines is 1. The molecular formula is C17H9F6NO. The standard InChI is InChI=1S/C17H9F6NO/c18-16(19,20)11-3-1-2-9(6-11)10-4-5-14-12(7-10)13(17(21,22)23)8-15(25)24-14/h1-8H,(H,24,25). The van der Waals surface area contributed by atoms with Crippen LogP contribution in [-0.2, 0) is 12.4 Å². The molecule has 2 nitrogen and oxygen atoms in total. The van der Waals surface area contributed by atoms with E-state index < -0.39 is 29.0 Å². The van der Waals surface area contributed by atoms with Gasteiger partial charge in [-0.3, -0.25) is 4.79 Å². The van der Waals surface area contributed by atoms with E-state index in [9.17, 15) is 31.1 Å². The van der Waals surface area contributed by atoms with Gasteiger partial charge < -0.3 is 4.98 Å². The van der Waals surface area contributed by atoms with Gasteiger partial charge in [-0.1, -0.05) is 18.2 Å². The van der Waals surface area contributed by atoms with Crippen LogP contribution >= 0.6 is 0 Å². The minimum Gasteiger partial charge on any atom is -0.322 e. The number of rotatable bonds is 1. The number of nitrogens with one attached hydrogen (secondary N) is 1. The maximum Gasteiger partial charge on any atom is 0.417 e. The van der Waals surface area contributed by atoms with Crippen LogP contribution in [0.2, 0.25) is 0 Å². The summed E-state index contributed by atoms with van der Waals surface area (Å²) in [5.41, 5.74) is -2.70. The molecule has 2 aromatic carbocycles. The van der Waals surface area contributed by atoms with Crippen LogP contribution in [0.3, 0.4) is 0 Å². The summed E-state index contributed by atoms with van der Waals surface area (Å²) in [5.74, 6) is 0. The van der Waals surface area contributed by atoms with Crippen molar-refractivity contribution in [2.45, 2.75) is 12.4 Å². The van der Waals surface area contributed by atoms with Gasteiger partial charge in [0.15, 0.2) is 0 Å². The number of hydrogen-bond donors (Lipinski definition) is 1. The molecule has 0 aliphatic rings. The molecule has 0 saturated heterocycles. The highest BCUT2D eigenvalue weighted by Gasteiger charge is 2.33. The third-order valence-corrected chi connectivity index (χ3v) is 3.67. The molecule has 0 radical (unpaired) electrons. The molecule has 0 saturated carbocycles. The number of H-pyrrole nitrogens is 1. The van der Waals surface area contributed by atoms with Gasteiger partial charge in [0.2, 0.25) is 5.56 Å². The Morgan fingerprint density at radius 3 is 2.08 bits per heavy atom. The van der Waals surface area contributed by atoms with E-state index >= 15 is 0 Å². The summed E-state index contributed by atoms with van der Waals surface area (Å²) in [6.07, 6.45) is -9.33. The maximum atomic E-state index is 13.2. The van der Waals surface area contributed by atoms with Crippen molar-refractivity contribution in [3.05, 3.63) is 70.0 Å². The fourth-order valence-corrected chi connectivity index (χ4v) is 2.54. The molecule has 130 valence electrons. The Kier molecular flexibility index (Phi) is 3.85. The minimum atomic E-state index is -4.76. The molecule has 3 aromatic rings. The second-order valence-corrected chi connectivity index (χ2v) is 5.38. The molecule has 3 rings (SSSR count). The maximum absolute atomic E-state index is 13.2. The molecule has 0 atom stereocenters. The van der Waals surface area contributed by atoms with Crippen molar-refractivity contribution in [2.75, 3.05) is 0 Å². The zero-order valence-electron chi connectivity index (χ0n) is 12.3. The molecule has 0 amide bonds. The molecule has 0 aliphatic carbocycles. The van der Waals surface area contributed by atoms with Crippen LogP contribution in [0.25, 0.3) is 22.0 Å². The fourth-order valence-electron chi connectivity index (χ4n) is 2.54. The lowest BCUT2D eigenvalue weighted by Gasteiger charge is -2.12. The van der Waals surface area contributed by atoms with E-state index in [1.165, 1.54) is 24.3 Å². The molecule has 0 spiro atoms. The number of fused-ring (bicyclic) bond motifs is 1. The van der Waals surface area contributed by atoms with Gasteiger partial charge in [-0.15, -0.1) is 0 Å². The molecule has 0 aliphatic heterocycles. The first-order chi connectivity index (χ1) is 11.6. The molecule has 8 heteroatoms. The van der Waals surface area contributed by atoms with Crippen molar-refractivity contribution in [1.82, 2.24) is 4.98 Å². The van der Waals surface area contributed by atoms with E-state index in [0.717, 1.165) is 18.2 Å². The third kappa shape index (κ3) is 3.38. The van der Waals surface area contributed by atoms with Crippen molar-refractivity contribution in [3.8, 4) is 11.1 Å². The Morgan fingerprint density at radius 1 is 0.760 bits per heavy atom.